The molecule has 9 heteroatoms. The van der Waals surface area contributed by atoms with Crippen LogP contribution >= 0.6 is 0 Å². The van der Waals surface area contributed by atoms with E-state index in [0.717, 1.165) is 4.90 Å². The number of hydrogen-bond donors (Lipinski definition) is 0. The molecule has 0 bridgehead atoms. The number of esters is 2. The highest BCUT2D eigenvalue weighted by Gasteiger charge is 2.33. The molecule has 2 rings (SSSR count). The lowest BCUT2D eigenvalue weighted by molar-refractivity contribution is -0.155. The molecular formula is C21H28N2O7. The van der Waals surface area contributed by atoms with Gasteiger partial charge < -0.3 is 24.0 Å². The van der Waals surface area contributed by atoms with Crippen molar-refractivity contribution in [2.75, 3.05) is 47.0 Å². The van der Waals surface area contributed by atoms with E-state index in [2.05, 4.69) is 9.47 Å². The van der Waals surface area contributed by atoms with Crippen LogP contribution in [0.25, 0.3) is 0 Å². The van der Waals surface area contributed by atoms with Crippen LogP contribution in [0.5, 0.6) is 5.75 Å². The molecule has 1 aromatic rings. The van der Waals surface area contributed by atoms with Crippen LogP contribution in [0.2, 0.25) is 0 Å². The molecule has 9 nitrogen and oxygen atoms in total. The largest absolute Gasteiger partial charge is 0.493 e. The number of benzene rings is 1. The second kappa shape index (κ2) is 11.8. The quantitative estimate of drug-likeness (QED) is 0.546. The van der Waals surface area contributed by atoms with Gasteiger partial charge in [-0.3, -0.25) is 19.2 Å². The van der Waals surface area contributed by atoms with Crippen LogP contribution in [0.15, 0.2) is 30.3 Å². The third kappa shape index (κ3) is 7.06. The summed E-state index contributed by atoms with van der Waals surface area (Å²) in [5, 5.41) is 0. The highest BCUT2D eigenvalue weighted by molar-refractivity contribution is 5.88. The fourth-order valence-electron chi connectivity index (χ4n) is 3.25. The monoisotopic (exact) mass is 420 g/mol. The number of para-hydroxylation sites is 1. The van der Waals surface area contributed by atoms with Gasteiger partial charge in [-0.2, -0.15) is 0 Å². The number of rotatable bonds is 9. The number of hydrogen-bond acceptors (Lipinski definition) is 7. The molecule has 1 aromatic carbocycles. The number of likely N-dealkylation sites (tertiary alicyclic amines) is 1. The standard InChI is InChI=1S/C21H28N2O7/c1-28-19(25)14-23(15-20(26)29-2)21(27)16-7-6-11-22(13-16)18(24)10-12-30-17-8-4-3-5-9-17/h3-5,8-9,16H,6-7,10-15H2,1-2H3. The Labute approximate surface area is 175 Å². The van der Waals surface area contributed by atoms with Gasteiger partial charge in [-0.15, -0.1) is 0 Å². The summed E-state index contributed by atoms with van der Waals surface area (Å²) >= 11 is 0. The van der Waals surface area contributed by atoms with Crippen molar-refractivity contribution in [2.45, 2.75) is 19.3 Å². The zero-order chi connectivity index (χ0) is 21.9. The molecule has 1 aliphatic heterocycles. The number of carbonyl (C=O) groups is 4. The Morgan fingerprint density at radius 1 is 1.03 bits per heavy atom. The Morgan fingerprint density at radius 2 is 1.67 bits per heavy atom. The molecule has 2 amide bonds. The predicted octanol–water partition coefficient (Wildman–Crippen LogP) is 0.869. The average Bonchev–Trinajstić information content (AvgIpc) is 2.78. The molecule has 1 atom stereocenters. The van der Waals surface area contributed by atoms with E-state index in [4.69, 9.17) is 4.74 Å². The summed E-state index contributed by atoms with van der Waals surface area (Å²) in [5.41, 5.74) is 0. The highest BCUT2D eigenvalue weighted by Crippen LogP contribution is 2.20. The van der Waals surface area contributed by atoms with E-state index < -0.39 is 17.9 Å². The maximum atomic E-state index is 12.9. The van der Waals surface area contributed by atoms with Crippen molar-refractivity contribution in [3.8, 4) is 5.75 Å². The summed E-state index contributed by atoms with van der Waals surface area (Å²) in [6, 6.07) is 9.22. The van der Waals surface area contributed by atoms with Gasteiger partial charge in [0.15, 0.2) is 0 Å². The van der Waals surface area contributed by atoms with Gasteiger partial charge in [0.25, 0.3) is 0 Å². The van der Waals surface area contributed by atoms with Crippen LogP contribution in [0, 0.1) is 5.92 Å². The van der Waals surface area contributed by atoms with Crippen LogP contribution in [-0.4, -0.2) is 80.6 Å². The van der Waals surface area contributed by atoms with E-state index in [1.54, 1.807) is 4.90 Å². The van der Waals surface area contributed by atoms with Gasteiger partial charge >= 0.3 is 11.9 Å². The van der Waals surface area contributed by atoms with Crippen molar-refractivity contribution in [3.63, 3.8) is 0 Å². The number of ether oxygens (including phenoxy) is 3. The molecule has 1 saturated heterocycles. The zero-order valence-corrected chi connectivity index (χ0v) is 17.4. The Bertz CT molecular complexity index is 720. The first-order chi connectivity index (χ1) is 14.4. The Hall–Kier alpha value is -3.10. The zero-order valence-electron chi connectivity index (χ0n) is 17.4. The van der Waals surface area contributed by atoms with E-state index in [-0.39, 0.29) is 44.5 Å². The second-order valence-corrected chi connectivity index (χ2v) is 6.94. The fraction of sp³-hybridized carbons (Fsp3) is 0.524. The summed E-state index contributed by atoms with van der Waals surface area (Å²) in [4.78, 5) is 51.5. The molecule has 0 radical (unpaired) electrons. The van der Waals surface area contributed by atoms with Gasteiger partial charge in [-0.05, 0) is 25.0 Å². The van der Waals surface area contributed by atoms with Crippen LogP contribution in [0.3, 0.4) is 0 Å². The summed E-state index contributed by atoms with van der Waals surface area (Å²) in [6.07, 6.45) is 1.43. The molecule has 0 saturated carbocycles. The van der Waals surface area contributed by atoms with Crippen molar-refractivity contribution in [3.05, 3.63) is 30.3 Å². The molecule has 0 spiro atoms. The second-order valence-electron chi connectivity index (χ2n) is 6.94. The van der Waals surface area contributed by atoms with E-state index in [1.807, 2.05) is 30.3 Å². The van der Waals surface area contributed by atoms with E-state index in [0.29, 0.717) is 25.1 Å². The molecule has 0 aromatic heterocycles. The normalized spacial score (nSPS) is 15.8. The van der Waals surface area contributed by atoms with Crippen LogP contribution in [0.1, 0.15) is 19.3 Å². The van der Waals surface area contributed by atoms with E-state index >= 15 is 0 Å². The van der Waals surface area contributed by atoms with Gasteiger partial charge in [0.1, 0.15) is 18.8 Å². The average molecular weight is 420 g/mol. The lowest BCUT2D eigenvalue weighted by Crippen LogP contribution is -2.49. The van der Waals surface area contributed by atoms with Crippen molar-refractivity contribution in [1.82, 2.24) is 9.80 Å². The minimum absolute atomic E-state index is 0.101. The molecule has 1 aliphatic rings. The number of carbonyl (C=O) groups excluding carboxylic acids is 4. The van der Waals surface area contributed by atoms with Crippen LogP contribution in [-0.2, 0) is 28.7 Å². The Morgan fingerprint density at radius 3 is 2.27 bits per heavy atom. The van der Waals surface area contributed by atoms with Gasteiger partial charge in [0, 0.05) is 13.1 Å². The van der Waals surface area contributed by atoms with Crippen molar-refractivity contribution < 1.29 is 33.4 Å². The minimum atomic E-state index is -0.631. The third-order valence-electron chi connectivity index (χ3n) is 4.86. The molecule has 0 N–H and O–H groups in total. The minimum Gasteiger partial charge on any atom is -0.493 e. The number of piperidine rings is 1. The maximum Gasteiger partial charge on any atom is 0.325 e. The molecular weight excluding hydrogens is 392 g/mol. The lowest BCUT2D eigenvalue weighted by atomic mass is 9.96. The topological polar surface area (TPSA) is 102 Å². The van der Waals surface area contributed by atoms with Crippen molar-refractivity contribution in [2.24, 2.45) is 5.92 Å². The number of nitrogens with zero attached hydrogens (tertiary/aromatic N) is 2. The first-order valence-electron chi connectivity index (χ1n) is 9.82. The maximum absolute atomic E-state index is 12.9. The van der Waals surface area contributed by atoms with Crippen molar-refractivity contribution >= 4 is 23.8 Å². The summed E-state index contributed by atoms with van der Waals surface area (Å²) in [7, 11) is 2.42. The molecule has 164 valence electrons. The molecule has 1 heterocycles. The Kier molecular flexibility index (Phi) is 9.11. The van der Waals surface area contributed by atoms with Gasteiger partial charge in [0.2, 0.25) is 11.8 Å². The van der Waals surface area contributed by atoms with Gasteiger partial charge in [-0.25, -0.2) is 0 Å². The number of amides is 2. The molecule has 1 unspecified atom stereocenters. The number of methoxy groups -OCH3 is 2. The summed E-state index contributed by atoms with van der Waals surface area (Å²) in [5.74, 6) is -1.53. The van der Waals surface area contributed by atoms with Crippen LogP contribution in [0.4, 0.5) is 0 Å². The first kappa shape index (κ1) is 23.2. The lowest BCUT2D eigenvalue weighted by Gasteiger charge is -2.34. The fourth-order valence-corrected chi connectivity index (χ4v) is 3.25. The predicted molar refractivity (Wildman–Crippen MR) is 106 cm³/mol. The van der Waals surface area contributed by atoms with Crippen LogP contribution < -0.4 is 4.74 Å². The third-order valence-corrected chi connectivity index (χ3v) is 4.86. The van der Waals surface area contributed by atoms with E-state index in [9.17, 15) is 19.2 Å². The van der Waals surface area contributed by atoms with Crippen molar-refractivity contribution in [1.29, 1.82) is 0 Å². The highest BCUT2D eigenvalue weighted by atomic mass is 16.5. The SMILES string of the molecule is COC(=O)CN(CC(=O)OC)C(=O)C1CCCN(C(=O)CCOc2ccccc2)C1. The molecule has 30 heavy (non-hydrogen) atoms. The smallest absolute Gasteiger partial charge is 0.325 e. The first-order valence-corrected chi connectivity index (χ1v) is 9.82. The van der Waals surface area contributed by atoms with Gasteiger partial charge in [0.05, 0.1) is 33.2 Å². The van der Waals surface area contributed by atoms with E-state index in [1.165, 1.54) is 14.2 Å². The van der Waals surface area contributed by atoms with Gasteiger partial charge in [-0.1, -0.05) is 18.2 Å². The molecule has 1 fully saturated rings. The Balaban J connectivity index is 1.91. The summed E-state index contributed by atoms with van der Waals surface area (Å²) in [6.45, 7) is 0.345. The summed E-state index contributed by atoms with van der Waals surface area (Å²) < 4.78 is 14.8. The molecule has 0 aliphatic carbocycles.